The monoisotopic (exact) mass is 307 g/mol. The van der Waals surface area contributed by atoms with E-state index in [1.54, 1.807) is 0 Å². The Hall–Kier alpha value is -0.930. The molecule has 2 aromatic carbocycles. The zero-order chi connectivity index (χ0) is 12.1. The van der Waals surface area contributed by atoms with E-state index in [4.69, 9.17) is 5.73 Å². The number of hydrogen-bond donors (Lipinski definition) is 1. The Morgan fingerprint density at radius 3 is 1.82 bits per heavy atom. The normalized spacial score (nSPS) is 10.4. The molecule has 2 aromatic rings. The van der Waals surface area contributed by atoms with Gasteiger partial charge < -0.3 is 5.73 Å². The lowest BCUT2D eigenvalue weighted by Gasteiger charge is -2.03. The van der Waals surface area contributed by atoms with E-state index < -0.39 is 0 Å². The molecule has 88 valence electrons. The van der Waals surface area contributed by atoms with Crippen molar-refractivity contribution in [3.05, 3.63) is 64.1 Å². The fourth-order valence-electron chi connectivity index (χ4n) is 1.48. The van der Waals surface area contributed by atoms with Crippen LogP contribution in [0.5, 0.6) is 0 Å². The number of rotatable bonds is 4. The van der Waals surface area contributed by atoms with Gasteiger partial charge in [-0.3, -0.25) is 0 Å². The van der Waals surface area contributed by atoms with Crippen LogP contribution in [0.1, 0.15) is 11.1 Å². The van der Waals surface area contributed by atoms with Crippen LogP contribution in [0.3, 0.4) is 0 Å². The van der Waals surface area contributed by atoms with Gasteiger partial charge in [0.15, 0.2) is 0 Å². The predicted octanol–water partition coefficient (Wildman–Crippen LogP) is 4.46. The van der Waals surface area contributed by atoms with E-state index in [-0.39, 0.29) is 0 Å². The molecule has 0 radical (unpaired) electrons. The van der Waals surface area contributed by atoms with E-state index >= 15 is 0 Å². The Bertz CT molecular complexity index is 419. The summed E-state index contributed by atoms with van der Waals surface area (Å²) in [6, 6.07) is 16.6. The molecule has 0 unspecified atom stereocenters. The van der Waals surface area contributed by atoms with Crippen molar-refractivity contribution < 1.29 is 0 Å². The van der Waals surface area contributed by atoms with Gasteiger partial charge in [-0.2, -0.15) is 11.8 Å². The minimum Gasteiger partial charge on any atom is -0.399 e. The molecular weight excluding hydrogens is 294 g/mol. The molecule has 0 aliphatic rings. The van der Waals surface area contributed by atoms with Gasteiger partial charge in [-0.15, -0.1) is 0 Å². The number of benzene rings is 2. The number of halogens is 1. The minimum atomic E-state index is 0.826. The molecule has 2 rings (SSSR count). The summed E-state index contributed by atoms with van der Waals surface area (Å²) in [5.74, 6) is 2.06. The maximum Gasteiger partial charge on any atom is 0.0314 e. The fraction of sp³-hybridized carbons (Fsp3) is 0.143. The van der Waals surface area contributed by atoms with Crippen molar-refractivity contribution >= 4 is 33.4 Å². The van der Waals surface area contributed by atoms with Crippen LogP contribution >= 0.6 is 27.7 Å². The Labute approximate surface area is 115 Å². The summed E-state index contributed by atoms with van der Waals surface area (Å²) < 4.78 is 1.13. The molecular formula is C14H14BrNS. The van der Waals surface area contributed by atoms with E-state index in [2.05, 4.69) is 52.3 Å². The molecule has 3 heteroatoms. The van der Waals surface area contributed by atoms with E-state index in [1.165, 1.54) is 11.1 Å². The molecule has 0 atom stereocenters. The molecule has 2 N–H and O–H groups in total. The average Bonchev–Trinajstić information content (AvgIpc) is 2.34. The Kier molecular flexibility index (Phi) is 4.51. The Balaban J connectivity index is 1.83. The number of thioether (sulfide) groups is 1. The first kappa shape index (κ1) is 12.5. The molecule has 0 aliphatic carbocycles. The van der Waals surface area contributed by atoms with Crippen molar-refractivity contribution in [3.8, 4) is 0 Å². The fourth-order valence-corrected chi connectivity index (χ4v) is 2.70. The Morgan fingerprint density at radius 2 is 1.29 bits per heavy atom. The highest BCUT2D eigenvalue weighted by Gasteiger charge is 1.96. The first-order valence-electron chi connectivity index (χ1n) is 5.40. The lowest BCUT2D eigenvalue weighted by Crippen LogP contribution is -1.86. The largest absolute Gasteiger partial charge is 0.399 e. The average molecular weight is 308 g/mol. The van der Waals surface area contributed by atoms with Crippen LogP contribution in [-0.4, -0.2) is 0 Å². The quantitative estimate of drug-likeness (QED) is 0.844. The molecule has 1 nitrogen and oxygen atoms in total. The van der Waals surface area contributed by atoms with Crippen LogP contribution in [-0.2, 0) is 11.5 Å². The Morgan fingerprint density at radius 1 is 0.824 bits per heavy atom. The molecule has 0 aliphatic heterocycles. The third kappa shape index (κ3) is 4.10. The van der Waals surface area contributed by atoms with Gasteiger partial charge in [0, 0.05) is 21.7 Å². The predicted molar refractivity (Wildman–Crippen MR) is 80.0 cm³/mol. The summed E-state index contributed by atoms with van der Waals surface area (Å²) in [7, 11) is 0. The topological polar surface area (TPSA) is 26.0 Å². The SMILES string of the molecule is Nc1ccc(CSCc2ccc(Br)cc2)cc1. The van der Waals surface area contributed by atoms with E-state index in [9.17, 15) is 0 Å². The number of hydrogen-bond acceptors (Lipinski definition) is 2. The van der Waals surface area contributed by atoms with Gasteiger partial charge in [-0.25, -0.2) is 0 Å². The van der Waals surface area contributed by atoms with Crippen LogP contribution < -0.4 is 5.73 Å². The van der Waals surface area contributed by atoms with Crippen molar-refractivity contribution in [1.82, 2.24) is 0 Å². The highest BCUT2D eigenvalue weighted by atomic mass is 79.9. The molecule has 17 heavy (non-hydrogen) atoms. The van der Waals surface area contributed by atoms with E-state index in [0.717, 1.165) is 21.7 Å². The first-order chi connectivity index (χ1) is 8.24. The summed E-state index contributed by atoms with van der Waals surface area (Å²) in [6.07, 6.45) is 0. The van der Waals surface area contributed by atoms with Crippen LogP contribution in [0.25, 0.3) is 0 Å². The number of nitrogen functional groups attached to an aromatic ring is 1. The van der Waals surface area contributed by atoms with Crippen molar-refractivity contribution in [2.24, 2.45) is 0 Å². The van der Waals surface area contributed by atoms with Gasteiger partial charge in [0.05, 0.1) is 0 Å². The summed E-state index contributed by atoms with van der Waals surface area (Å²) in [4.78, 5) is 0. The van der Waals surface area contributed by atoms with Gasteiger partial charge >= 0.3 is 0 Å². The summed E-state index contributed by atoms with van der Waals surface area (Å²) in [6.45, 7) is 0. The lowest BCUT2D eigenvalue weighted by atomic mass is 10.2. The molecule has 0 heterocycles. The number of nitrogens with two attached hydrogens (primary N) is 1. The molecule has 0 saturated carbocycles. The summed E-state index contributed by atoms with van der Waals surface area (Å²) >= 11 is 5.35. The zero-order valence-corrected chi connectivity index (χ0v) is 11.8. The maximum atomic E-state index is 5.65. The van der Waals surface area contributed by atoms with Crippen molar-refractivity contribution in [2.75, 3.05) is 5.73 Å². The smallest absolute Gasteiger partial charge is 0.0314 e. The van der Waals surface area contributed by atoms with Crippen LogP contribution in [0, 0.1) is 0 Å². The summed E-state index contributed by atoms with van der Waals surface area (Å²) in [5, 5.41) is 0. The summed E-state index contributed by atoms with van der Waals surface area (Å²) in [5.41, 5.74) is 9.15. The van der Waals surface area contributed by atoms with Gasteiger partial charge in [0.25, 0.3) is 0 Å². The van der Waals surface area contributed by atoms with Gasteiger partial charge in [-0.1, -0.05) is 40.2 Å². The molecule has 0 saturated heterocycles. The van der Waals surface area contributed by atoms with E-state index in [1.807, 2.05) is 23.9 Å². The van der Waals surface area contributed by atoms with Crippen molar-refractivity contribution in [1.29, 1.82) is 0 Å². The lowest BCUT2D eigenvalue weighted by molar-refractivity contribution is 1.36. The van der Waals surface area contributed by atoms with Crippen molar-refractivity contribution in [3.63, 3.8) is 0 Å². The molecule has 0 spiro atoms. The standard InChI is InChI=1S/C14H14BrNS/c15-13-5-1-11(2-6-13)9-17-10-12-3-7-14(16)8-4-12/h1-8H,9-10,16H2. The van der Waals surface area contributed by atoms with Crippen molar-refractivity contribution in [2.45, 2.75) is 11.5 Å². The third-order valence-electron chi connectivity index (χ3n) is 2.43. The van der Waals surface area contributed by atoms with Crippen LogP contribution in [0.15, 0.2) is 53.0 Å². The van der Waals surface area contributed by atoms with Crippen LogP contribution in [0.4, 0.5) is 5.69 Å². The second kappa shape index (κ2) is 6.12. The first-order valence-corrected chi connectivity index (χ1v) is 7.35. The van der Waals surface area contributed by atoms with Crippen LogP contribution in [0.2, 0.25) is 0 Å². The molecule has 0 fully saturated rings. The van der Waals surface area contributed by atoms with Gasteiger partial charge in [-0.05, 0) is 35.4 Å². The molecule has 0 amide bonds. The second-order valence-corrected chi connectivity index (χ2v) is 5.76. The number of anilines is 1. The highest BCUT2D eigenvalue weighted by molar-refractivity contribution is 9.10. The maximum absolute atomic E-state index is 5.65. The van der Waals surface area contributed by atoms with Gasteiger partial charge in [0.1, 0.15) is 0 Å². The zero-order valence-electron chi connectivity index (χ0n) is 9.40. The highest BCUT2D eigenvalue weighted by Crippen LogP contribution is 2.20. The molecule has 0 aromatic heterocycles. The van der Waals surface area contributed by atoms with E-state index in [0.29, 0.717) is 0 Å². The minimum absolute atomic E-state index is 0.826. The second-order valence-electron chi connectivity index (χ2n) is 3.86. The van der Waals surface area contributed by atoms with Gasteiger partial charge in [0.2, 0.25) is 0 Å². The molecule has 0 bridgehead atoms. The third-order valence-corrected chi connectivity index (χ3v) is 4.03.